The first-order valence-electron chi connectivity index (χ1n) is 3.12. The highest BCUT2D eigenvalue weighted by molar-refractivity contribution is 14.1. The van der Waals surface area contributed by atoms with E-state index in [-0.39, 0.29) is 0 Å². The topological polar surface area (TPSA) is 36.2 Å². The molecular formula is C8H7IN2. The van der Waals surface area contributed by atoms with E-state index in [2.05, 4.69) is 3.21 Å². The smallest absolute Gasteiger partial charge is 0.0831 e. The second kappa shape index (κ2) is 4.23. The molecule has 56 valence electrons. The molecule has 2 nitrogen and oxygen atoms in total. The van der Waals surface area contributed by atoms with Crippen molar-refractivity contribution in [1.82, 2.24) is 0 Å². The molecule has 3 heteroatoms. The highest BCUT2D eigenvalue weighted by Gasteiger charge is 1.92. The Morgan fingerprint density at radius 3 is 2.45 bits per heavy atom. The van der Waals surface area contributed by atoms with Gasteiger partial charge in [0.05, 0.1) is 22.9 Å². The standard InChI is InChI=1S/C8H7IN2/c9-11-6-8-4-2-1-3-7(8)5-10/h1-6,10H. The fourth-order valence-electron chi connectivity index (χ4n) is 0.812. The number of halogens is 1. The third-order valence-corrected chi connectivity index (χ3v) is 1.62. The Morgan fingerprint density at radius 2 is 1.91 bits per heavy atom. The zero-order chi connectivity index (χ0) is 8.10. The minimum atomic E-state index is 0.896. The Labute approximate surface area is 79.4 Å². The average molecular weight is 258 g/mol. The largest absolute Gasteiger partial charge is 0.308 e. The molecular weight excluding hydrogens is 251 g/mol. The maximum Gasteiger partial charge on any atom is 0.0831 e. The van der Waals surface area contributed by atoms with Gasteiger partial charge in [0, 0.05) is 23.6 Å². The number of nitrogens with zero attached hydrogens (tertiary/aromatic N) is 1. The van der Waals surface area contributed by atoms with Crippen molar-refractivity contribution in [3.8, 4) is 0 Å². The molecule has 1 rings (SSSR count). The molecule has 11 heavy (non-hydrogen) atoms. The molecule has 0 heterocycles. The first-order valence-corrected chi connectivity index (χ1v) is 4.09. The van der Waals surface area contributed by atoms with E-state index in [1.54, 1.807) is 6.21 Å². The van der Waals surface area contributed by atoms with Crippen LogP contribution in [0.25, 0.3) is 0 Å². The molecule has 0 radical (unpaired) electrons. The first kappa shape index (κ1) is 8.39. The number of rotatable bonds is 2. The summed E-state index contributed by atoms with van der Waals surface area (Å²) in [4.78, 5) is 0. The first-order chi connectivity index (χ1) is 5.38. The van der Waals surface area contributed by atoms with E-state index in [0.29, 0.717) is 0 Å². The molecule has 0 fully saturated rings. The lowest BCUT2D eigenvalue weighted by Crippen LogP contribution is -1.88. The van der Waals surface area contributed by atoms with Gasteiger partial charge < -0.3 is 5.41 Å². The molecule has 0 spiro atoms. The van der Waals surface area contributed by atoms with Crippen molar-refractivity contribution in [3.05, 3.63) is 35.4 Å². The van der Waals surface area contributed by atoms with Gasteiger partial charge in [-0.1, -0.05) is 24.3 Å². The third kappa shape index (κ3) is 2.11. The van der Waals surface area contributed by atoms with Gasteiger partial charge in [-0.15, -0.1) is 0 Å². The van der Waals surface area contributed by atoms with Gasteiger partial charge in [-0.25, -0.2) is 3.21 Å². The minimum absolute atomic E-state index is 0.896. The predicted octanol–water partition coefficient (Wildman–Crippen LogP) is 2.45. The second-order valence-electron chi connectivity index (χ2n) is 2.00. The molecule has 1 aromatic rings. The SMILES string of the molecule is N=Cc1ccccc1C=NI. The van der Waals surface area contributed by atoms with E-state index in [9.17, 15) is 0 Å². The van der Waals surface area contributed by atoms with E-state index < -0.39 is 0 Å². The van der Waals surface area contributed by atoms with Crippen LogP contribution in [-0.2, 0) is 0 Å². The molecule has 0 unspecified atom stereocenters. The van der Waals surface area contributed by atoms with Crippen LogP contribution in [0, 0.1) is 5.41 Å². The number of benzene rings is 1. The quantitative estimate of drug-likeness (QED) is 0.625. The van der Waals surface area contributed by atoms with Gasteiger partial charge in [0.2, 0.25) is 0 Å². The number of hydrogen-bond donors (Lipinski definition) is 1. The lowest BCUT2D eigenvalue weighted by atomic mass is 10.1. The summed E-state index contributed by atoms with van der Waals surface area (Å²) in [6.07, 6.45) is 3.06. The van der Waals surface area contributed by atoms with Gasteiger partial charge >= 0.3 is 0 Å². The summed E-state index contributed by atoms with van der Waals surface area (Å²) >= 11 is 1.92. The van der Waals surface area contributed by atoms with Gasteiger partial charge in [-0.3, -0.25) is 0 Å². The zero-order valence-electron chi connectivity index (χ0n) is 5.79. The Morgan fingerprint density at radius 1 is 1.27 bits per heavy atom. The number of hydrogen-bond acceptors (Lipinski definition) is 2. The molecule has 1 aromatic carbocycles. The maximum absolute atomic E-state index is 7.07. The van der Waals surface area contributed by atoms with Crippen molar-refractivity contribution >= 4 is 35.3 Å². The molecule has 0 aliphatic rings. The van der Waals surface area contributed by atoms with E-state index in [4.69, 9.17) is 5.41 Å². The summed E-state index contributed by atoms with van der Waals surface area (Å²) in [6, 6.07) is 7.66. The van der Waals surface area contributed by atoms with Crippen LogP contribution in [0.3, 0.4) is 0 Å². The van der Waals surface area contributed by atoms with Crippen molar-refractivity contribution in [2.75, 3.05) is 0 Å². The van der Waals surface area contributed by atoms with Crippen LogP contribution < -0.4 is 0 Å². The molecule has 0 aliphatic carbocycles. The number of nitrogens with one attached hydrogen (secondary N) is 1. The van der Waals surface area contributed by atoms with Gasteiger partial charge in [-0.05, 0) is 0 Å². The molecule has 0 bridgehead atoms. The summed E-state index contributed by atoms with van der Waals surface area (Å²) in [5.41, 5.74) is 1.88. The lowest BCUT2D eigenvalue weighted by molar-refractivity contribution is 1.53. The Kier molecular flexibility index (Phi) is 3.22. The normalized spacial score (nSPS) is 10.3. The monoisotopic (exact) mass is 258 g/mol. The highest BCUT2D eigenvalue weighted by atomic mass is 127. The Balaban J connectivity index is 3.11. The fourth-order valence-corrected chi connectivity index (χ4v) is 1.11. The maximum atomic E-state index is 7.07. The fraction of sp³-hybridized carbons (Fsp3) is 0. The van der Waals surface area contributed by atoms with Crippen molar-refractivity contribution in [1.29, 1.82) is 5.41 Å². The summed E-state index contributed by atoms with van der Waals surface area (Å²) in [5, 5.41) is 7.07. The third-order valence-electron chi connectivity index (χ3n) is 1.34. The summed E-state index contributed by atoms with van der Waals surface area (Å²) in [6.45, 7) is 0. The van der Waals surface area contributed by atoms with Crippen molar-refractivity contribution in [3.63, 3.8) is 0 Å². The van der Waals surface area contributed by atoms with E-state index in [1.807, 2.05) is 47.1 Å². The highest BCUT2D eigenvalue weighted by Crippen LogP contribution is 2.03. The molecule has 1 N–H and O–H groups in total. The van der Waals surface area contributed by atoms with Gasteiger partial charge in [-0.2, -0.15) is 0 Å². The lowest BCUT2D eigenvalue weighted by Gasteiger charge is -1.95. The van der Waals surface area contributed by atoms with Gasteiger partial charge in [0.1, 0.15) is 0 Å². The van der Waals surface area contributed by atoms with Crippen molar-refractivity contribution in [2.24, 2.45) is 3.21 Å². The molecule has 0 amide bonds. The molecule has 0 aliphatic heterocycles. The van der Waals surface area contributed by atoms with Crippen LogP contribution in [0.4, 0.5) is 0 Å². The molecule has 0 aromatic heterocycles. The van der Waals surface area contributed by atoms with E-state index >= 15 is 0 Å². The summed E-state index contributed by atoms with van der Waals surface area (Å²) < 4.78 is 3.86. The van der Waals surface area contributed by atoms with E-state index in [0.717, 1.165) is 11.1 Å². The van der Waals surface area contributed by atoms with Crippen LogP contribution >= 0.6 is 22.9 Å². The molecule has 0 saturated carbocycles. The second-order valence-corrected chi connectivity index (χ2v) is 2.56. The van der Waals surface area contributed by atoms with Crippen LogP contribution in [0.1, 0.15) is 11.1 Å². The van der Waals surface area contributed by atoms with Crippen LogP contribution in [0.5, 0.6) is 0 Å². The van der Waals surface area contributed by atoms with Crippen LogP contribution in [-0.4, -0.2) is 12.4 Å². The summed E-state index contributed by atoms with van der Waals surface area (Å²) in [5.74, 6) is 0. The van der Waals surface area contributed by atoms with Gasteiger partial charge in [0.15, 0.2) is 0 Å². The average Bonchev–Trinajstić information content (AvgIpc) is 2.06. The zero-order valence-corrected chi connectivity index (χ0v) is 7.95. The Bertz CT molecular complexity index is 281. The molecule has 0 saturated heterocycles. The van der Waals surface area contributed by atoms with Crippen molar-refractivity contribution in [2.45, 2.75) is 0 Å². The van der Waals surface area contributed by atoms with Gasteiger partial charge in [0.25, 0.3) is 0 Å². The Hall–Kier alpha value is -0.710. The molecule has 0 atom stereocenters. The van der Waals surface area contributed by atoms with Crippen molar-refractivity contribution < 1.29 is 0 Å². The summed E-state index contributed by atoms with van der Waals surface area (Å²) in [7, 11) is 0. The van der Waals surface area contributed by atoms with E-state index in [1.165, 1.54) is 6.21 Å². The van der Waals surface area contributed by atoms with Crippen LogP contribution in [0.2, 0.25) is 0 Å². The van der Waals surface area contributed by atoms with Crippen LogP contribution in [0.15, 0.2) is 27.5 Å². The predicted molar refractivity (Wildman–Crippen MR) is 55.9 cm³/mol. The minimum Gasteiger partial charge on any atom is -0.308 e.